The maximum atomic E-state index is 13.6. The molecule has 2 aromatic heterocycles. The van der Waals surface area contributed by atoms with Crippen molar-refractivity contribution in [3.63, 3.8) is 0 Å². The number of ether oxygens (including phenoxy) is 1. The zero-order valence-corrected chi connectivity index (χ0v) is 23.1. The van der Waals surface area contributed by atoms with Gasteiger partial charge in [0, 0.05) is 41.8 Å². The summed E-state index contributed by atoms with van der Waals surface area (Å²) in [7, 11) is 0. The Kier molecular flexibility index (Phi) is 9.24. The molecular formula is C28H29ClCuN6O3. The zero-order valence-electron chi connectivity index (χ0n) is 21.4. The van der Waals surface area contributed by atoms with Crippen LogP contribution in [0, 0.1) is 6.92 Å². The molecule has 11 heteroatoms. The van der Waals surface area contributed by atoms with Crippen LogP contribution in [0.5, 0.6) is 0 Å². The van der Waals surface area contributed by atoms with Crippen molar-refractivity contribution in [2.45, 2.75) is 45.5 Å². The Bertz CT molecular complexity index is 1470. The van der Waals surface area contributed by atoms with Crippen LogP contribution in [0.25, 0.3) is 10.9 Å². The quantitative estimate of drug-likeness (QED) is 0.243. The topological polar surface area (TPSA) is 115 Å². The maximum absolute atomic E-state index is 13.6. The first-order valence-electron chi connectivity index (χ1n) is 12.5. The molecule has 0 bridgehead atoms. The van der Waals surface area contributed by atoms with Crippen LogP contribution >= 0.6 is 11.6 Å². The Labute approximate surface area is 242 Å². The van der Waals surface area contributed by atoms with E-state index in [0.29, 0.717) is 28.2 Å². The molecule has 1 aliphatic rings. The number of amides is 2. The minimum Gasteiger partial charge on any atom is -0.383 e. The van der Waals surface area contributed by atoms with Crippen molar-refractivity contribution in [1.82, 2.24) is 19.7 Å². The average Bonchev–Trinajstić information content (AvgIpc) is 3.38. The molecule has 1 aliphatic heterocycles. The van der Waals surface area contributed by atoms with Crippen molar-refractivity contribution in [3.8, 4) is 0 Å². The molecule has 1 saturated heterocycles. The molecule has 39 heavy (non-hydrogen) atoms. The summed E-state index contributed by atoms with van der Waals surface area (Å²) in [6.07, 6.45) is 5.56. The summed E-state index contributed by atoms with van der Waals surface area (Å²) in [5.41, 5.74) is 9.77. The van der Waals surface area contributed by atoms with Crippen molar-refractivity contribution in [3.05, 3.63) is 82.6 Å². The van der Waals surface area contributed by atoms with Crippen molar-refractivity contribution in [1.29, 1.82) is 0 Å². The number of anilines is 2. The largest absolute Gasteiger partial charge is 0.383 e. The molecule has 1 radical (unpaired) electrons. The number of hydrogen-bond donors (Lipinski definition) is 2. The van der Waals surface area contributed by atoms with Gasteiger partial charge in [0.05, 0.1) is 23.5 Å². The van der Waals surface area contributed by atoms with E-state index in [9.17, 15) is 9.59 Å². The number of rotatable bonds is 6. The van der Waals surface area contributed by atoms with Gasteiger partial charge in [0.25, 0.3) is 0 Å². The molecule has 207 valence electrons. The summed E-state index contributed by atoms with van der Waals surface area (Å²) >= 11 is 6.13. The number of carbonyl (C=O) groups is 2. The van der Waals surface area contributed by atoms with E-state index in [1.165, 1.54) is 11.1 Å². The Hall–Kier alpha value is -3.43. The van der Waals surface area contributed by atoms with E-state index in [2.05, 4.69) is 15.4 Å². The van der Waals surface area contributed by atoms with Gasteiger partial charge >= 0.3 is 11.8 Å². The van der Waals surface area contributed by atoms with Crippen molar-refractivity contribution >= 4 is 45.8 Å². The van der Waals surface area contributed by atoms with Gasteiger partial charge < -0.3 is 20.7 Å². The van der Waals surface area contributed by atoms with Gasteiger partial charge in [-0.05, 0) is 55.0 Å². The van der Waals surface area contributed by atoms with E-state index in [4.69, 9.17) is 22.1 Å². The molecular weight excluding hydrogens is 567 g/mol. The fraction of sp³-hybridized carbons (Fsp3) is 0.286. The molecule has 1 fully saturated rings. The Morgan fingerprint density at radius 2 is 1.95 bits per heavy atom. The van der Waals surface area contributed by atoms with Crippen LogP contribution in [-0.2, 0) is 44.5 Å². The number of carbonyl (C=O) groups excluding carboxylic acids is 2. The summed E-state index contributed by atoms with van der Waals surface area (Å²) in [6.45, 7) is 3.06. The Morgan fingerprint density at radius 3 is 2.67 bits per heavy atom. The number of fused-ring (bicyclic) bond motifs is 1. The third-order valence-electron chi connectivity index (χ3n) is 6.70. The first-order valence-corrected chi connectivity index (χ1v) is 12.9. The average molecular weight is 597 g/mol. The van der Waals surface area contributed by atoms with E-state index < -0.39 is 11.8 Å². The van der Waals surface area contributed by atoms with E-state index in [1.54, 1.807) is 16.9 Å². The number of nitrogens with one attached hydrogen (secondary N) is 1. The fourth-order valence-electron chi connectivity index (χ4n) is 4.67. The SMILES string of the molecule is Cc1cc(Cl)ccc1CN(Cc1ccccc1)C(=O)C(=O)Nc1cnc(N)c2cnn(C3CCCCO3)c12.[Cu]. The number of pyridine rings is 1. The number of nitrogens with zero attached hydrogens (tertiary/aromatic N) is 4. The van der Waals surface area contributed by atoms with Crippen molar-refractivity contribution in [2.75, 3.05) is 17.7 Å². The Balaban J connectivity index is 0.00000353. The van der Waals surface area contributed by atoms with Gasteiger partial charge in [-0.15, -0.1) is 0 Å². The second-order valence-corrected chi connectivity index (χ2v) is 9.84. The molecule has 9 nitrogen and oxygen atoms in total. The fourth-order valence-corrected chi connectivity index (χ4v) is 4.90. The number of hydrogen-bond acceptors (Lipinski definition) is 6. The summed E-state index contributed by atoms with van der Waals surface area (Å²) in [6, 6.07) is 15.0. The van der Waals surface area contributed by atoms with Crippen LogP contribution in [0.3, 0.4) is 0 Å². The van der Waals surface area contributed by atoms with E-state index in [0.717, 1.165) is 36.0 Å². The number of nitrogens with two attached hydrogens (primary N) is 1. The Morgan fingerprint density at radius 1 is 1.15 bits per heavy atom. The first kappa shape index (κ1) is 28.6. The number of halogens is 1. The molecule has 0 spiro atoms. The molecule has 0 aliphatic carbocycles. The van der Waals surface area contributed by atoms with Gasteiger partial charge in [-0.3, -0.25) is 9.59 Å². The number of aryl methyl sites for hydroxylation is 1. The minimum absolute atomic E-state index is 0. The molecule has 3 heterocycles. The molecule has 1 atom stereocenters. The number of aromatic nitrogens is 3. The summed E-state index contributed by atoms with van der Waals surface area (Å²) < 4.78 is 7.62. The zero-order chi connectivity index (χ0) is 26.6. The van der Waals surface area contributed by atoms with Gasteiger partial charge in [-0.25, -0.2) is 9.67 Å². The van der Waals surface area contributed by atoms with E-state index in [-0.39, 0.29) is 42.2 Å². The number of nitrogen functional groups attached to an aromatic ring is 1. The van der Waals surface area contributed by atoms with Gasteiger partial charge in [-0.1, -0.05) is 48.0 Å². The van der Waals surface area contributed by atoms with Crippen molar-refractivity contribution in [2.24, 2.45) is 0 Å². The monoisotopic (exact) mass is 595 g/mol. The summed E-state index contributed by atoms with van der Waals surface area (Å²) in [5, 5.41) is 8.44. The predicted molar refractivity (Wildman–Crippen MR) is 146 cm³/mol. The second kappa shape index (κ2) is 12.6. The molecule has 0 saturated carbocycles. The molecule has 2 aromatic carbocycles. The second-order valence-electron chi connectivity index (χ2n) is 9.40. The van der Waals surface area contributed by atoms with Crippen LogP contribution in [0.2, 0.25) is 5.02 Å². The van der Waals surface area contributed by atoms with E-state index >= 15 is 0 Å². The molecule has 3 N–H and O–H groups in total. The summed E-state index contributed by atoms with van der Waals surface area (Å²) in [5.74, 6) is -1.17. The minimum atomic E-state index is -0.780. The maximum Gasteiger partial charge on any atom is 0.314 e. The van der Waals surface area contributed by atoms with Crippen LogP contribution in [-0.4, -0.2) is 38.1 Å². The van der Waals surface area contributed by atoms with Gasteiger partial charge in [0.2, 0.25) is 0 Å². The van der Waals surface area contributed by atoms with Gasteiger partial charge in [-0.2, -0.15) is 5.10 Å². The van der Waals surface area contributed by atoms with Crippen LogP contribution in [0.15, 0.2) is 60.9 Å². The predicted octanol–water partition coefficient (Wildman–Crippen LogP) is 4.84. The van der Waals surface area contributed by atoms with Crippen LogP contribution in [0.1, 0.15) is 42.2 Å². The normalized spacial score (nSPS) is 15.0. The smallest absolute Gasteiger partial charge is 0.314 e. The molecule has 4 aromatic rings. The third kappa shape index (κ3) is 6.42. The molecule has 5 rings (SSSR count). The van der Waals surface area contributed by atoms with Crippen LogP contribution in [0.4, 0.5) is 11.5 Å². The van der Waals surface area contributed by atoms with Gasteiger partial charge in [0.1, 0.15) is 11.3 Å². The van der Waals surface area contributed by atoms with Crippen molar-refractivity contribution < 1.29 is 31.4 Å². The van der Waals surface area contributed by atoms with Crippen LogP contribution < -0.4 is 11.1 Å². The molecule has 2 amide bonds. The third-order valence-corrected chi connectivity index (χ3v) is 6.93. The first-order chi connectivity index (χ1) is 18.4. The standard InChI is InChI=1S/C28H29ClN6O3.Cu/c1-18-13-21(29)11-10-20(18)17-34(16-19-7-3-2-4-8-19)28(37)27(36)33-23-15-31-26(30)22-14-32-35(25(22)23)24-9-5-6-12-38-24;/h2-4,7-8,10-11,13-15,24H,5-6,9,12,16-17H2,1H3,(H2,30,31)(H,33,36);. The number of benzene rings is 2. The molecule has 1 unspecified atom stereocenters. The van der Waals surface area contributed by atoms with Gasteiger partial charge in [0.15, 0.2) is 6.23 Å². The summed E-state index contributed by atoms with van der Waals surface area (Å²) in [4.78, 5) is 32.7. The van der Waals surface area contributed by atoms with E-state index in [1.807, 2.05) is 49.4 Å².